The van der Waals surface area contributed by atoms with E-state index in [1.54, 1.807) is 7.11 Å². The summed E-state index contributed by atoms with van der Waals surface area (Å²) in [5.74, 6) is 1.89. The topological polar surface area (TPSA) is 44.9 Å². The lowest BCUT2D eigenvalue weighted by Crippen LogP contribution is -2.06. The number of nitrogens with zero attached hydrogens (tertiary/aromatic N) is 4. The highest BCUT2D eigenvalue weighted by molar-refractivity contribution is 6.17. The van der Waals surface area contributed by atoms with Crippen molar-refractivity contribution in [2.45, 2.75) is 19.7 Å². The van der Waals surface area contributed by atoms with Crippen LogP contribution < -0.4 is 4.74 Å². The molecule has 0 radical (unpaired) electrons. The van der Waals surface area contributed by atoms with Gasteiger partial charge in [-0.25, -0.2) is 9.67 Å². The van der Waals surface area contributed by atoms with Crippen molar-refractivity contribution in [1.29, 1.82) is 0 Å². The van der Waals surface area contributed by atoms with Crippen LogP contribution in [0.15, 0.2) is 18.2 Å². The lowest BCUT2D eigenvalue weighted by atomic mass is 10.2. The number of hydrogen-bond acceptors (Lipinski definition) is 3. The highest BCUT2D eigenvalue weighted by atomic mass is 35.5. The minimum Gasteiger partial charge on any atom is -0.495 e. The number of methoxy groups -OCH3 is 1. The maximum Gasteiger partial charge on any atom is 0.163 e. The Morgan fingerprint density at radius 3 is 2.71 bits per heavy atom. The zero-order valence-electron chi connectivity index (χ0n) is 12.5. The Bertz CT molecular complexity index is 819. The third kappa shape index (κ3) is 2.08. The van der Waals surface area contributed by atoms with Crippen LogP contribution in [-0.4, -0.2) is 26.4 Å². The van der Waals surface area contributed by atoms with Crippen LogP contribution in [0.5, 0.6) is 5.75 Å². The first-order valence-corrected chi connectivity index (χ1v) is 7.22. The van der Waals surface area contributed by atoms with Crippen molar-refractivity contribution in [1.82, 2.24) is 19.3 Å². The van der Waals surface area contributed by atoms with Crippen molar-refractivity contribution >= 4 is 22.8 Å². The molecule has 0 aliphatic heterocycles. The first-order valence-electron chi connectivity index (χ1n) is 6.68. The second-order valence-electron chi connectivity index (χ2n) is 5.05. The monoisotopic (exact) mass is 304 g/mol. The Kier molecular flexibility index (Phi) is 3.37. The van der Waals surface area contributed by atoms with E-state index in [1.165, 1.54) is 0 Å². The molecule has 0 N–H and O–H groups in total. The molecule has 0 saturated heterocycles. The number of fused-ring (bicyclic) bond motifs is 1. The van der Waals surface area contributed by atoms with Gasteiger partial charge in [-0.05, 0) is 31.5 Å². The van der Waals surface area contributed by atoms with Crippen molar-refractivity contribution in [2.75, 3.05) is 7.11 Å². The highest BCUT2D eigenvalue weighted by Crippen LogP contribution is 2.30. The van der Waals surface area contributed by atoms with Gasteiger partial charge in [-0.1, -0.05) is 6.07 Å². The van der Waals surface area contributed by atoms with E-state index < -0.39 is 0 Å². The number of aryl methyl sites for hydroxylation is 3. The quantitative estimate of drug-likeness (QED) is 0.698. The van der Waals surface area contributed by atoms with E-state index >= 15 is 0 Å². The number of imidazole rings is 1. The van der Waals surface area contributed by atoms with Crippen molar-refractivity contribution in [2.24, 2.45) is 7.05 Å². The smallest absolute Gasteiger partial charge is 0.163 e. The average Bonchev–Trinajstić information content (AvgIpc) is 2.97. The molecule has 0 saturated carbocycles. The molecule has 0 amide bonds. The van der Waals surface area contributed by atoms with Gasteiger partial charge < -0.3 is 4.74 Å². The van der Waals surface area contributed by atoms with Crippen molar-refractivity contribution < 1.29 is 4.74 Å². The SMILES string of the molecule is COc1ccc(C)cc1-n1c(CCl)nc2c(C)nn(C)c21. The number of halogens is 1. The molecular formula is C15H17ClN4O. The largest absolute Gasteiger partial charge is 0.495 e. The van der Waals surface area contributed by atoms with Gasteiger partial charge in [-0.3, -0.25) is 4.57 Å². The fourth-order valence-corrected chi connectivity index (χ4v) is 2.81. The number of benzene rings is 1. The van der Waals surface area contributed by atoms with Crippen molar-refractivity contribution in [3.63, 3.8) is 0 Å². The van der Waals surface area contributed by atoms with Gasteiger partial charge >= 0.3 is 0 Å². The van der Waals surface area contributed by atoms with Crippen LogP contribution in [0, 0.1) is 13.8 Å². The van der Waals surface area contributed by atoms with Crippen molar-refractivity contribution in [3.8, 4) is 11.4 Å². The van der Waals surface area contributed by atoms with E-state index in [4.69, 9.17) is 16.3 Å². The molecule has 0 aliphatic carbocycles. The number of aromatic nitrogens is 4. The van der Waals surface area contributed by atoms with Crippen LogP contribution in [0.1, 0.15) is 17.1 Å². The number of alkyl halides is 1. The van der Waals surface area contributed by atoms with Crippen LogP contribution >= 0.6 is 11.6 Å². The minimum absolute atomic E-state index is 0.325. The van der Waals surface area contributed by atoms with E-state index in [-0.39, 0.29) is 0 Å². The van der Waals surface area contributed by atoms with Gasteiger partial charge in [-0.2, -0.15) is 5.10 Å². The summed E-state index contributed by atoms with van der Waals surface area (Å²) in [6.45, 7) is 4.00. The normalized spacial score (nSPS) is 11.3. The Morgan fingerprint density at radius 2 is 2.05 bits per heavy atom. The summed E-state index contributed by atoms with van der Waals surface area (Å²) in [6, 6.07) is 6.04. The van der Waals surface area contributed by atoms with Gasteiger partial charge in [0.2, 0.25) is 0 Å². The molecule has 5 nitrogen and oxygen atoms in total. The van der Waals surface area contributed by atoms with E-state index in [0.717, 1.165) is 39.7 Å². The molecule has 2 heterocycles. The molecular weight excluding hydrogens is 288 g/mol. The van der Waals surface area contributed by atoms with E-state index in [9.17, 15) is 0 Å². The van der Waals surface area contributed by atoms with Gasteiger partial charge in [0.1, 0.15) is 17.1 Å². The molecule has 6 heteroatoms. The summed E-state index contributed by atoms with van der Waals surface area (Å²) in [4.78, 5) is 4.63. The second kappa shape index (κ2) is 5.07. The number of hydrogen-bond donors (Lipinski definition) is 0. The average molecular weight is 305 g/mol. The predicted octanol–water partition coefficient (Wildman–Crippen LogP) is 3.12. The maximum absolute atomic E-state index is 6.10. The second-order valence-corrected chi connectivity index (χ2v) is 5.32. The number of rotatable bonds is 3. The maximum atomic E-state index is 6.10. The number of ether oxygens (including phenoxy) is 1. The van der Waals surface area contributed by atoms with Gasteiger partial charge in [0.05, 0.1) is 24.4 Å². The Labute approximate surface area is 128 Å². The van der Waals surface area contributed by atoms with E-state index in [2.05, 4.69) is 16.1 Å². The summed E-state index contributed by atoms with van der Waals surface area (Å²) in [7, 11) is 3.57. The fraction of sp³-hybridized carbons (Fsp3) is 0.333. The van der Waals surface area contributed by atoms with Crippen LogP contribution in [0.25, 0.3) is 16.9 Å². The molecule has 3 rings (SSSR count). The fourth-order valence-electron chi connectivity index (χ4n) is 2.64. The molecule has 1 aromatic carbocycles. The third-order valence-electron chi connectivity index (χ3n) is 3.57. The predicted molar refractivity (Wildman–Crippen MR) is 83.4 cm³/mol. The van der Waals surface area contributed by atoms with Gasteiger partial charge in [0.15, 0.2) is 5.65 Å². The Balaban J connectivity index is 2.41. The van der Waals surface area contributed by atoms with Crippen LogP contribution in [0.4, 0.5) is 0 Å². The molecule has 0 unspecified atom stereocenters. The molecule has 0 atom stereocenters. The summed E-state index contributed by atoms with van der Waals surface area (Å²) < 4.78 is 9.35. The summed E-state index contributed by atoms with van der Waals surface area (Å²) >= 11 is 6.10. The molecule has 110 valence electrons. The lowest BCUT2D eigenvalue weighted by Gasteiger charge is -2.13. The summed E-state index contributed by atoms with van der Waals surface area (Å²) in [5, 5.41) is 4.44. The molecule has 0 fully saturated rings. The standard InChI is InChI=1S/C15H17ClN4O/c1-9-5-6-12(21-4)11(7-9)20-13(8-16)17-14-10(2)18-19(3)15(14)20/h5-7H,8H2,1-4H3. The van der Waals surface area contributed by atoms with E-state index in [1.807, 2.05) is 42.3 Å². The zero-order valence-corrected chi connectivity index (χ0v) is 13.3. The minimum atomic E-state index is 0.325. The summed E-state index contributed by atoms with van der Waals surface area (Å²) in [6.07, 6.45) is 0. The van der Waals surface area contributed by atoms with E-state index in [0.29, 0.717) is 5.88 Å². The zero-order chi connectivity index (χ0) is 15.1. The first kappa shape index (κ1) is 13.9. The van der Waals surface area contributed by atoms with Gasteiger partial charge in [0, 0.05) is 7.05 Å². The van der Waals surface area contributed by atoms with Gasteiger partial charge in [0.25, 0.3) is 0 Å². The third-order valence-corrected chi connectivity index (χ3v) is 3.81. The summed E-state index contributed by atoms with van der Waals surface area (Å²) in [5.41, 5.74) is 4.76. The first-order chi connectivity index (χ1) is 10.1. The molecule has 2 aromatic heterocycles. The molecule has 21 heavy (non-hydrogen) atoms. The van der Waals surface area contributed by atoms with Crippen LogP contribution in [0.2, 0.25) is 0 Å². The van der Waals surface area contributed by atoms with Crippen LogP contribution in [-0.2, 0) is 12.9 Å². The molecule has 0 spiro atoms. The molecule has 0 bridgehead atoms. The highest BCUT2D eigenvalue weighted by Gasteiger charge is 2.20. The molecule has 3 aromatic rings. The van der Waals surface area contributed by atoms with Crippen LogP contribution in [0.3, 0.4) is 0 Å². The van der Waals surface area contributed by atoms with Crippen molar-refractivity contribution in [3.05, 3.63) is 35.3 Å². The van der Waals surface area contributed by atoms with Gasteiger partial charge in [-0.15, -0.1) is 11.6 Å². The lowest BCUT2D eigenvalue weighted by molar-refractivity contribution is 0.412. The Morgan fingerprint density at radius 1 is 1.29 bits per heavy atom. The Hall–Kier alpha value is -2.01. The molecule has 0 aliphatic rings.